The molecule has 2 aliphatic heterocycles. The number of aliphatic hydroxyl groups is 1. The van der Waals surface area contributed by atoms with E-state index in [1.54, 1.807) is 4.31 Å². The van der Waals surface area contributed by atoms with Crippen LogP contribution in [0.3, 0.4) is 0 Å². The summed E-state index contributed by atoms with van der Waals surface area (Å²) in [7, 11) is -3.17. The standard InChI is InChI=1S/C16H32N4O4S/c1-3-17-15(19-12-16(6-9-21)7-10-24-13-16)18-11-14-5-4-8-20(14)25(2,22)23/h14,21H,3-13H2,1-2H3,(H2,17,18,19)/t14-,16?/m1/s1. The van der Waals surface area contributed by atoms with Crippen molar-refractivity contribution in [2.45, 2.75) is 38.6 Å². The van der Waals surface area contributed by atoms with Gasteiger partial charge in [0.15, 0.2) is 5.96 Å². The molecule has 0 bridgehead atoms. The summed E-state index contributed by atoms with van der Waals surface area (Å²) in [6, 6.07) is -0.0277. The van der Waals surface area contributed by atoms with E-state index < -0.39 is 10.0 Å². The summed E-state index contributed by atoms with van der Waals surface area (Å²) in [5.41, 5.74) is -0.0940. The van der Waals surface area contributed by atoms with Crippen molar-refractivity contribution in [1.29, 1.82) is 0 Å². The Morgan fingerprint density at radius 1 is 1.44 bits per heavy atom. The van der Waals surface area contributed by atoms with Crippen molar-refractivity contribution >= 4 is 16.0 Å². The highest BCUT2D eigenvalue weighted by molar-refractivity contribution is 7.88. The van der Waals surface area contributed by atoms with Crippen molar-refractivity contribution in [3.05, 3.63) is 0 Å². The molecule has 2 heterocycles. The molecule has 25 heavy (non-hydrogen) atoms. The van der Waals surface area contributed by atoms with Gasteiger partial charge in [0.05, 0.1) is 19.4 Å². The molecule has 0 aliphatic carbocycles. The number of aliphatic imine (C=N–C) groups is 1. The van der Waals surface area contributed by atoms with Gasteiger partial charge < -0.3 is 20.5 Å². The van der Waals surface area contributed by atoms with Crippen LogP contribution in [0.1, 0.15) is 32.6 Å². The van der Waals surface area contributed by atoms with Crippen molar-refractivity contribution in [2.24, 2.45) is 10.4 Å². The number of ether oxygens (including phenoxy) is 1. The quantitative estimate of drug-likeness (QED) is 0.399. The normalized spacial score (nSPS) is 28.4. The monoisotopic (exact) mass is 376 g/mol. The van der Waals surface area contributed by atoms with E-state index in [1.165, 1.54) is 6.26 Å². The van der Waals surface area contributed by atoms with Gasteiger partial charge in [0.1, 0.15) is 0 Å². The summed E-state index contributed by atoms with van der Waals surface area (Å²) >= 11 is 0. The molecule has 0 saturated carbocycles. The highest BCUT2D eigenvalue weighted by Gasteiger charge is 2.34. The van der Waals surface area contributed by atoms with Crippen LogP contribution >= 0.6 is 0 Å². The van der Waals surface area contributed by atoms with Crippen LogP contribution in [0.25, 0.3) is 0 Å². The summed E-state index contributed by atoms with van der Waals surface area (Å²) in [4.78, 5) is 4.67. The maximum absolute atomic E-state index is 11.8. The molecule has 2 fully saturated rings. The van der Waals surface area contributed by atoms with E-state index in [1.807, 2.05) is 6.92 Å². The Bertz CT molecular complexity index is 546. The predicted octanol–water partition coefficient (Wildman–Crippen LogP) is -0.245. The van der Waals surface area contributed by atoms with Gasteiger partial charge in [-0.25, -0.2) is 8.42 Å². The number of nitrogens with one attached hydrogen (secondary N) is 2. The van der Waals surface area contributed by atoms with Crippen LogP contribution < -0.4 is 10.6 Å². The molecule has 0 aromatic carbocycles. The number of hydrogen-bond acceptors (Lipinski definition) is 5. The molecular formula is C16H32N4O4S. The molecule has 0 amide bonds. The third kappa shape index (κ3) is 5.80. The second-order valence-electron chi connectivity index (χ2n) is 7.02. The van der Waals surface area contributed by atoms with E-state index in [0.29, 0.717) is 45.2 Å². The van der Waals surface area contributed by atoms with Gasteiger partial charge in [-0.3, -0.25) is 4.99 Å². The summed E-state index contributed by atoms with van der Waals surface area (Å²) in [6.07, 6.45) is 4.61. The van der Waals surface area contributed by atoms with Gasteiger partial charge in [0.2, 0.25) is 10.0 Å². The van der Waals surface area contributed by atoms with Crippen LogP contribution in [0, 0.1) is 5.41 Å². The molecule has 2 aliphatic rings. The molecule has 146 valence electrons. The molecule has 1 unspecified atom stereocenters. The third-order valence-electron chi connectivity index (χ3n) is 5.00. The smallest absolute Gasteiger partial charge is 0.211 e. The number of aliphatic hydroxyl groups excluding tert-OH is 1. The fraction of sp³-hybridized carbons (Fsp3) is 0.938. The van der Waals surface area contributed by atoms with Crippen LogP contribution in [-0.2, 0) is 14.8 Å². The minimum Gasteiger partial charge on any atom is -0.396 e. The number of rotatable bonds is 8. The lowest BCUT2D eigenvalue weighted by Crippen LogP contribution is -2.46. The summed E-state index contributed by atoms with van der Waals surface area (Å²) in [5.74, 6) is 0.687. The topological polar surface area (TPSA) is 103 Å². The van der Waals surface area contributed by atoms with E-state index in [0.717, 1.165) is 25.8 Å². The molecule has 2 rings (SSSR count). The lowest BCUT2D eigenvalue weighted by Gasteiger charge is -2.26. The van der Waals surface area contributed by atoms with Gasteiger partial charge in [-0.2, -0.15) is 4.31 Å². The first-order chi connectivity index (χ1) is 11.9. The Morgan fingerprint density at radius 3 is 2.84 bits per heavy atom. The lowest BCUT2D eigenvalue weighted by molar-refractivity contribution is 0.131. The molecule has 3 N–H and O–H groups in total. The second-order valence-corrected chi connectivity index (χ2v) is 8.96. The van der Waals surface area contributed by atoms with Crippen LogP contribution in [0.4, 0.5) is 0 Å². The zero-order valence-corrected chi connectivity index (χ0v) is 16.1. The highest BCUT2D eigenvalue weighted by atomic mass is 32.2. The van der Waals surface area contributed by atoms with Gasteiger partial charge in [-0.15, -0.1) is 0 Å². The van der Waals surface area contributed by atoms with Gasteiger partial charge in [-0.1, -0.05) is 0 Å². The molecule has 2 atom stereocenters. The van der Waals surface area contributed by atoms with Crippen molar-refractivity contribution in [3.63, 3.8) is 0 Å². The molecule has 0 aromatic rings. The number of hydrogen-bond donors (Lipinski definition) is 3. The minimum atomic E-state index is -3.17. The predicted molar refractivity (Wildman–Crippen MR) is 98.1 cm³/mol. The first-order valence-electron chi connectivity index (χ1n) is 9.08. The molecular weight excluding hydrogens is 344 g/mol. The zero-order valence-electron chi connectivity index (χ0n) is 15.3. The Labute approximate surface area is 151 Å². The molecule has 8 nitrogen and oxygen atoms in total. The molecule has 2 saturated heterocycles. The maximum atomic E-state index is 11.8. The Kier molecular flexibility index (Phi) is 7.48. The van der Waals surface area contributed by atoms with Crippen molar-refractivity contribution in [2.75, 3.05) is 52.3 Å². The van der Waals surface area contributed by atoms with Crippen LogP contribution in [0.15, 0.2) is 4.99 Å². The molecule has 0 spiro atoms. The Balaban J connectivity index is 1.95. The Morgan fingerprint density at radius 2 is 2.24 bits per heavy atom. The first kappa shape index (κ1) is 20.4. The largest absolute Gasteiger partial charge is 0.396 e. The van der Waals surface area contributed by atoms with Crippen LogP contribution in [-0.4, -0.2) is 82.1 Å². The van der Waals surface area contributed by atoms with Gasteiger partial charge in [0, 0.05) is 44.3 Å². The van der Waals surface area contributed by atoms with Crippen molar-refractivity contribution in [3.8, 4) is 0 Å². The lowest BCUT2D eigenvalue weighted by atomic mass is 9.84. The zero-order chi connectivity index (χ0) is 18.3. The summed E-state index contributed by atoms with van der Waals surface area (Å²) in [6.45, 7) is 5.93. The Hall–Kier alpha value is -0.900. The van der Waals surface area contributed by atoms with Gasteiger partial charge in [0.25, 0.3) is 0 Å². The average molecular weight is 377 g/mol. The third-order valence-corrected chi connectivity index (χ3v) is 6.33. The van der Waals surface area contributed by atoms with Crippen LogP contribution in [0.5, 0.6) is 0 Å². The molecule has 0 aromatic heterocycles. The van der Waals surface area contributed by atoms with Crippen molar-refractivity contribution < 1.29 is 18.3 Å². The number of sulfonamides is 1. The summed E-state index contributed by atoms with van der Waals surface area (Å²) in [5, 5.41) is 15.8. The van der Waals surface area contributed by atoms with E-state index >= 15 is 0 Å². The fourth-order valence-electron chi connectivity index (χ4n) is 3.54. The average Bonchev–Trinajstić information content (AvgIpc) is 3.19. The van der Waals surface area contributed by atoms with E-state index in [4.69, 9.17) is 4.74 Å². The first-order valence-corrected chi connectivity index (χ1v) is 10.9. The van der Waals surface area contributed by atoms with E-state index in [2.05, 4.69) is 15.6 Å². The fourth-order valence-corrected chi connectivity index (χ4v) is 4.72. The van der Waals surface area contributed by atoms with Crippen LogP contribution in [0.2, 0.25) is 0 Å². The number of nitrogens with zero attached hydrogens (tertiary/aromatic N) is 2. The van der Waals surface area contributed by atoms with E-state index in [9.17, 15) is 13.5 Å². The number of guanidine groups is 1. The second kappa shape index (κ2) is 9.16. The molecule has 9 heteroatoms. The van der Waals surface area contributed by atoms with Crippen molar-refractivity contribution in [1.82, 2.24) is 14.9 Å². The van der Waals surface area contributed by atoms with Gasteiger partial charge >= 0.3 is 0 Å². The molecule has 0 radical (unpaired) electrons. The minimum absolute atomic E-state index is 0.0277. The SMILES string of the molecule is CCNC(=NCC1(CCO)CCOC1)NC[C@H]1CCCN1S(C)(=O)=O. The summed E-state index contributed by atoms with van der Waals surface area (Å²) < 4.78 is 30.8. The van der Waals surface area contributed by atoms with E-state index in [-0.39, 0.29) is 18.1 Å². The highest BCUT2D eigenvalue weighted by Crippen LogP contribution is 2.32. The van der Waals surface area contributed by atoms with Gasteiger partial charge in [-0.05, 0) is 32.6 Å². The maximum Gasteiger partial charge on any atom is 0.211 e.